The SMILES string of the molecule is Nc1ccc(C(O)C(O)CCNC(=O)OCc2ccccc2)cc1C(F)(F)F. The highest BCUT2D eigenvalue weighted by Gasteiger charge is 2.34. The van der Waals surface area contributed by atoms with Crippen LogP contribution in [0.1, 0.15) is 29.2 Å². The van der Waals surface area contributed by atoms with Gasteiger partial charge in [0.15, 0.2) is 0 Å². The van der Waals surface area contributed by atoms with Gasteiger partial charge in [0.1, 0.15) is 12.7 Å². The first-order chi connectivity index (χ1) is 13.2. The van der Waals surface area contributed by atoms with Crippen LogP contribution in [0, 0.1) is 0 Å². The van der Waals surface area contributed by atoms with E-state index in [4.69, 9.17) is 10.5 Å². The van der Waals surface area contributed by atoms with Crippen molar-refractivity contribution >= 4 is 11.8 Å². The second kappa shape index (κ2) is 9.43. The van der Waals surface area contributed by atoms with Gasteiger partial charge in [0.25, 0.3) is 0 Å². The number of rotatable bonds is 7. The molecule has 2 rings (SSSR count). The Morgan fingerprint density at radius 3 is 2.46 bits per heavy atom. The second-order valence-corrected chi connectivity index (χ2v) is 6.13. The molecule has 0 fully saturated rings. The van der Waals surface area contributed by atoms with Gasteiger partial charge in [0.05, 0.1) is 11.7 Å². The van der Waals surface area contributed by atoms with Crippen LogP contribution in [0.3, 0.4) is 0 Å². The number of alkyl carbamates (subject to hydrolysis) is 1. The molecule has 0 spiro atoms. The van der Waals surface area contributed by atoms with E-state index in [1.807, 2.05) is 6.07 Å². The van der Waals surface area contributed by atoms with Crippen LogP contribution in [0.25, 0.3) is 0 Å². The summed E-state index contributed by atoms with van der Waals surface area (Å²) in [5.41, 5.74) is 4.43. The molecular weight excluding hydrogens is 377 g/mol. The third-order valence-corrected chi connectivity index (χ3v) is 4.01. The van der Waals surface area contributed by atoms with E-state index in [0.717, 1.165) is 11.6 Å². The largest absolute Gasteiger partial charge is 0.445 e. The van der Waals surface area contributed by atoms with Gasteiger partial charge < -0.3 is 26.0 Å². The predicted molar refractivity (Wildman–Crippen MR) is 96.1 cm³/mol. The number of carbonyl (C=O) groups is 1. The third-order valence-electron chi connectivity index (χ3n) is 4.01. The van der Waals surface area contributed by atoms with Gasteiger partial charge in [-0.3, -0.25) is 0 Å². The number of nitrogens with one attached hydrogen (secondary N) is 1. The molecule has 0 aliphatic carbocycles. The number of aliphatic hydroxyl groups excluding tert-OH is 2. The molecule has 0 saturated carbocycles. The van der Waals surface area contributed by atoms with Crippen molar-refractivity contribution in [3.63, 3.8) is 0 Å². The number of alkyl halides is 3. The molecule has 0 saturated heterocycles. The summed E-state index contributed by atoms with van der Waals surface area (Å²) >= 11 is 0. The van der Waals surface area contributed by atoms with Crippen molar-refractivity contribution < 1.29 is 32.9 Å². The Morgan fingerprint density at radius 2 is 1.82 bits per heavy atom. The van der Waals surface area contributed by atoms with Gasteiger partial charge in [0.2, 0.25) is 0 Å². The highest BCUT2D eigenvalue weighted by atomic mass is 19.4. The fourth-order valence-corrected chi connectivity index (χ4v) is 2.48. The van der Waals surface area contributed by atoms with E-state index >= 15 is 0 Å². The van der Waals surface area contributed by atoms with Crippen molar-refractivity contribution in [1.29, 1.82) is 0 Å². The fourth-order valence-electron chi connectivity index (χ4n) is 2.48. The van der Waals surface area contributed by atoms with E-state index in [0.29, 0.717) is 6.07 Å². The monoisotopic (exact) mass is 398 g/mol. The zero-order chi connectivity index (χ0) is 20.7. The number of halogens is 3. The minimum atomic E-state index is -4.67. The summed E-state index contributed by atoms with van der Waals surface area (Å²) in [5, 5.41) is 22.5. The summed E-state index contributed by atoms with van der Waals surface area (Å²) in [4.78, 5) is 11.6. The van der Waals surface area contributed by atoms with Gasteiger partial charge in [-0.15, -0.1) is 0 Å². The lowest BCUT2D eigenvalue weighted by Crippen LogP contribution is -2.29. The van der Waals surface area contributed by atoms with Crippen molar-refractivity contribution in [1.82, 2.24) is 5.32 Å². The molecule has 2 aromatic carbocycles. The van der Waals surface area contributed by atoms with Crippen molar-refractivity contribution in [3.05, 3.63) is 65.2 Å². The first-order valence-corrected chi connectivity index (χ1v) is 8.46. The summed E-state index contributed by atoms with van der Waals surface area (Å²) in [6.45, 7) is 0.0382. The maximum absolute atomic E-state index is 12.9. The van der Waals surface area contributed by atoms with Gasteiger partial charge in [-0.25, -0.2) is 4.79 Å². The van der Waals surface area contributed by atoms with Crippen LogP contribution in [0.4, 0.5) is 23.7 Å². The van der Waals surface area contributed by atoms with Crippen LogP contribution in [-0.4, -0.2) is 29.0 Å². The lowest BCUT2D eigenvalue weighted by molar-refractivity contribution is -0.137. The quantitative estimate of drug-likeness (QED) is 0.537. The van der Waals surface area contributed by atoms with Crippen molar-refractivity contribution in [2.24, 2.45) is 0 Å². The Kier molecular flexibility index (Phi) is 7.24. The Labute approximate surface area is 159 Å². The van der Waals surface area contributed by atoms with Crippen molar-refractivity contribution in [2.75, 3.05) is 12.3 Å². The molecule has 2 atom stereocenters. The maximum Gasteiger partial charge on any atom is 0.418 e. The van der Waals surface area contributed by atoms with Gasteiger partial charge in [-0.05, 0) is 29.7 Å². The molecule has 1 amide bonds. The zero-order valence-electron chi connectivity index (χ0n) is 14.8. The minimum absolute atomic E-state index is 0.0348. The van der Waals surface area contributed by atoms with Crippen molar-refractivity contribution in [2.45, 2.75) is 31.4 Å². The molecule has 152 valence electrons. The first kappa shape index (κ1) is 21.5. The third kappa shape index (κ3) is 6.14. The number of hydrogen-bond donors (Lipinski definition) is 4. The highest BCUT2D eigenvalue weighted by molar-refractivity contribution is 5.67. The smallest absolute Gasteiger partial charge is 0.418 e. The molecule has 2 aromatic rings. The van der Waals surface area contributed by atoms with E-state index in [1.54, 1.807) is 24.3 Å². The fraction of sp³-hybridized carbons (Fsp3) is 0.316. The second-order valence-electron chi connectivity index (χ2n) is 6.13. The first-order valence-electron chi connectivity index (χ1n) is 8.46. The van der Waals surface area contributed by atoms with Crippen LogP contribution in [0.5, 0.6) is 0 Å². The summed E-state index contributed by atoms with van der Waals surface area (Å²) in [6.07, 6.45) is -8.43. The molecule has 28 heavy (non-hydrogen) atoms. The van der Waals surface area contributed by atoms with Crippen LogP contribution >= 0.6 is 0 Å². The molecule has 0 aliphatic heterocycles. The highest BCUT2D eigenvalue weighted by Crippen LogP contribution is 2.35. The molecule has 0 radical (unpaired) electrons. The molecule has 5 N–H and O–H groups in total. The van der Waals surface area contributed by atoms with Gasteiger partial charge in [-0.2, -0.15) is 13.2 Å². The lowest BCUT2D eigenvalue weighted by atomic mass is 9.99. The van der Waals surface area contributed by atoms with Crippen LogP contribution in [0.15, 0.2) is 48.5 Å². The molecule has 9 heteroatoms. The van der Waals surface area contributed by atoms with Crippen LogP contribution in [0.2, 0.25) is 0 Å². The molecule has 0 aliphatic rings. The Bertz CT molecular complexity index is 784. The summed E-state index contributed by atoms with van der Waals surface area (Å²) < 4.78 is 43.7. The van der Waals surface area contributed by atoms with E-state index in [-0.39, 0.29) is 25.1 Å². The van der Waals surface area contributed by atoms with E-state index < -0.39 is 35.7 Å². The van der Waals surface area contributed by atoms with Crippen LogP contribution < -0.4 is 11.1 Å². The summed E-state index contributed by atoms with van der Waals surface area (Å²) in [5.74, 6) is 0. The average molecular weight is 398 g/mol. The maximum atomic E-state index is 12.9. The molecule has 6 nitrogen and oxygen atoms in total. The molecule has 2 unspecified atom stereocenters. The number of carbonyl (C=O) groups excluding carboxylic acids is 1. The van der Waals surface area contributed by atoms with E-state index in [1.165, 1.54) is 6.07 Å². The predicted octanol–water partition coefficient (Wildman–Crippen LogP) is 3.00. The number of anilines is 1. The molecule has 0 bridgehead atoms. The van der Waals surface area contributed by atoms with E-state index in [9.17, 15) is 28.2 Å². The lowest BCUT2D eigenvalue weighted by Gasteiger charge is -2.20. The zero-order valence-corrected chi connectivity index (χ0v) is 14.8. The number of aliphatic hydroxyl groups is 2. The Morgan fingerprint density at radius 1 is 1.14 bits per heavy atom. The number of benzene rings is 2. The van der Waals surface area contributed by atoms with Crippen LogP contribution in [-0.2, 0) is 17.5 Å². The molecule has 0 aromatic heterocycles. The number of ether oxygens (including phenoxy) is 1. The number of hydrogen-bond acceptors (Lipinski definition) is 5. The topological polar surface area (TPSA) is 105 Å². The Hall–Kier alpha value is -2.78. The number of nitrogen functional groups attached to an aromatic ring is 1. The van der Waals surface area contributed by atoms with Gasteiger partial charge in [0, 0.05) is 12.2 Å². The number of amides is 1. The summed E-state index contributed by atoms with van der Waals surface area (Å²) in [6, 6.07) is 11.9. The summed E-state index contributed by atoms with van der Waals surface area (Å²) in [7, 11) is 0. The van der Waals surface area contributed by atoms with Crippen molar-refractivity contribution in [3.8, 4) is 0 Å². The van der Waals surface area contributed by atoms with E-state index in [2.05, 4.69) is 5.32 Å². The molecule has 0 heterocycles. The van der Waals surface area contributed by atoms with Gasteiger partial charge in [-0.1, -0.05) is 36.4 Å². The Balaban J connectivity index is 1.82. The standard InChI is InChI=1S/C19H21F3N2O4/c20-19(21,22)14-10-13(6-7-15(14)23)17(26)16(25)8-9-24-18(27)28-11-12-4-2-1-3-5-12/h1-7,10,16-17,25-26H,8-9,11,23H2,(H,24,27). The normalized spacial score (nSPS) is 13.6. The van der Waals surface area contributed by atoms with Gasteiger partial charge >= 0.3 is 12.3 Å². The number of nitrogens with two attached hydrogens (primary N) is 1. The molecular formula is C19H21F3N2O4. The average Bonchev–Trinajstić information content (AvgIpc) is 2.66. The minimum Gasteiger partial charge on any atom is -0.445 e.